The van der Waals surface area contributed by atoms with Gasteiger partial charge in [0.25, 0.3) is 0 Å². The molecule has 0 saturated carbocycles. The molecule has 0 amide bonds. The molecule has 1 atom stereocenters. The molecule has 3 rings (SSSR count). The lowest BCUT2D eigenvalue weighted by Crippen LogP contribution is -2.09. The lowest BCUT2D eigenvalue weighted by atomic mass is 9.84. The molecule has 0 aromatic heterocycles. The van der Waals surface area contributed by atoms with Crippen LogP contribution in [0.5, 0.6) is 5.75 Å². The molecule has 0 aliphatic heterocycles. The predicted octanol–water partition coefficient (Wildman–Crippen LogP) is 5.29. The minimum atomic E-state index is -0.0420. The Labute approximate surface area is 147 Å². The van der Waals surface area contributed by atoms with Crippen LogP contribution in [0.3, 0.4) is 0 Å². The fraction of sp³-hybridized carbons (Fsp3) is 0.143. The summed E-state index contributed by atoms with van der Waals surface area (Å²) in [6.07, 6.45) is 0. The maximum absolute atomic E-state index is 10.4. The maximum atomic E-state index is 10.4. The highest BCUT2D eigenvalue weighted by atomic mass is 35.5. The minimum Gasteiger partial charge on any atom is -0.508 e. The first-order valence-corrected chi connectivity index (χ1v) is 8.24. The average molecular weight is 338 g/mol. The Bertz CT molecular complexity index is 813. The van der Waals surface area contributed by atoms with Crippen molar-refractivity contribution in [3.63, 3.8) is 0 Å². The third-order valence-corrected chi connectivity index (χ3v) is 4.41. The Morgan fingerprint density at radius 1 is 0.833 bits per heavy atom. The lowest BCUT2D eigenvalue weighted by molar-refractivity contribution is 0.467. The number of hydrogen-bond donors (Lipinski definition) is 1. The molecule has 0 radical (unpaired) electrons. The van der Waals surface area contributed by atoms with Gasteiger partial charge in [0, 0.05) is 36.3 Å². The lowest BCUT2D eigenvalue weighted by Gasteiger charge is -2.21. The monoisotopic (exact) mass is 337 g/mol. The normalized spacial score (nSPS) is 12.0. The van der Waals surface area contributed by atoms with E-state index in [2.05, 4.69) is 41.3 Å². The summed E-state index contributed by atoms with van der Waals surface area (Å²) in [4.78, 5) is 2.07. The Morgan fingerprint density at radius 2 is 1.46 bits per heavy atom. The van der Waals surface area contributed by atoms with Gasteiger partial charge in [0.15, 0.2) is 0 Å². The van der Waals surface area contributed by atoms with Gasteiger partial charge in [-0.15, -0.1) is 0 Å². The molecule has 0 spiro atoms. The van der Waals surface area contributed by atoms with E-state index in [0.29, 0.717) is 5.02 Å². The smallest absolute Gasteiger partial charge is 0.121 e. The number of benzene rings is 3. The second-order valence-corrected chi connectivity index (χ2v) is 6.47. The van der Waals surface area contributed by atoms with Crippen LogP contribution in [0.4, 0.5) is 5.69 Å². The van der Waals surface area contributed by atoms with Crippen molar-refractivity contribution in [1.82, 2.24) is 0 Å². The number of hydrogen-bond acceptors (Lipinski definition) is 2. The van der Waals surface area contributed by atoms with E-state index in [-0.39, 0.29) is 11.7 Å². The summed E-state index contributed by atoms with van der Waals surface area (Å²) >= 11 is 6.00. The molecule has 0 aliphatic rings. The molecule has 2 nitrogen and oxygen atoms in total. The second-order valence-electron chi connectivity index (χ2n) is 6.03. The second kappa shape index (κ2) is 6.98. The van der Waals surface area contributed by atoms with Crippen LogP contribution in [0.2, 0.25) is 5.02 Å². The van der Waals surface area contributed by atoms with Crippen LogP contribution in [0, 0.1) is 0 Å². The molecule has 1 unspecified atom stereocenters. The van der Waals surface area contributed by atoms with E-state index in [1.807, 2.05) is 44.4 Å². The fourth-order valence-corrected chi connectivity index (χ4v) is 3.09. The Kier molecular flexibility index (Phi) is 4.77. The van der Waals surface area contributed by atoms with Crippen LogP contribution < -0.4 is 4.90 Å². The SMILES string of the molecule is CN(C)c1ccc(C(c2ccccc2)c2ccc(Cl)cc2O)cc1. The van der Waals surface area contributed by atoms with E-state index in [1.165, 1.54) is 0 Å². The van der Waals surface area contributed by atoms with Crippen molar-refractivity contribution in [2.75, 3.05) is 19.0 Å². The molecular weight excluding hydrogens is 318 g/mol. The molecule has 0 bridgehead atoms. The zero-order valence-corrected chi connectivity index (χ0v) is 14.5. The van der Waals surface area contributed by atoms with Gasteiger partial charge in [-0.3, -0.25) is 0 Å². The minimum absolute atomic E-state index is 0.0420. The standard InChI is InChI=1S/C21H20ClNO/c1-23(2)18-11-8-16(9-12-18)21(15-6-4-3-5-7-15)19-13-10-17(22)14-20(19)24/h3-14,21,24H,1-2H3. The number of rotatable bonds is 4. The van der Waals surface area contributed by atoms with Gasteiger partial charge in [-0.2, -0.15) is 0 Å². The van der Waals surface area contributed by atoms with Gasteiger partial charge in [-0.05, 0) is 35.4 Å². The summed E-state index contributed by atoms with van der Waals surface area (Å²) in [6, 6.07) is 23.9. The molecule has 3 heteroatoms. The molecule has 122 valence electrons. The summed E-state index contributed by atoms with van der Waals surface area (Å²) in [7, 11) is 4.05. The highest BCUT2D eigenvalue weighted by Crippen LogP contribution is 2.38. The van der Waals surface area contributed by atoms with Crippen molar-refractivity contribution in [2.45, 2.75) is 5.92 Å². The molecule has 1 N–H and O–H groups in total. The third kappa shape index (κ3) is 3.39. The summed E-state index contributed by atoms with van der Waals surface area (Å²) in [5.41, 5.74) is 4.26. The van der Waals surface area contributed by atoms with Crippen molar-refractivity contribution in [3.05, 3.63) is 94.5 Å². The molecule has 3 aromatic carbocycles. The first-order chi connectivity index (χ1) is 11.6. The number of phenols is 1. The van der Waals surface area contributed by atoms with Gasteiger partial charge in [0.2, 0.25) is 0 Å². The van der Waals surface area contributed by atoms with E-state index in [1.54, 1.807) is 6.07 Å². The Balaban J connectivity index is 2.12. The number of phenolic OH excluding ortho intramolecular Hbond substituents is 1. The summed E-state index contributed by atoms with van der Waals surface area (Å²) < 4.78 is 0. The summed E-state index contributed by atoms with van der Waals surface area (Å²) in [5, 5.41) is 11.0. The highest BCUT2D eigenvalue weighted by molar-refractivity contribution is 6.30. The molecule has 24 heavy (non-hydrogen) atoms. The topological polar surface area (TPSA) is 23.5 Å². The van der Waals surface area contributed by atoms with Crippen LogP contribution >= 0.6 is 11.6 Å². The van der Waals surface area contributed by atoms with Gasteiger partial charge in [-0.25, -0.2) is 0 Å². The van der Waals surface area contributed by atoms with E-state index >= 15 is 0 Å². The molecule has 3 aromatic rings. The molecule has 0 aliphatic carbocycles. The summed E-state index contributed by atoms with van der Waals surface area (Å²) in [6.45, 7) is 0. The largest absolute Gasteiger partial charge is 0.508 e. The van der Waals surface area contributed by atoms with Crippen LogP contribution in [-0.2, 0) is 0 Å². The third-order valence-electron chi connectivity index (χ3n) is 4.18. The van der Waals surface area contributed by atoms with Crippen LogP contribution in [0.15, 0.2) is 72.8 Å². The number of anilines is 1. The van der Waals surface area contributed by atoms with Crippen molar-refractivity contribution in [2.24, 2.45) is 0 Å². The van der Waals surface area contributed by atoms with Crippen molar-refractivity contribution < 1.29 is 5.11 Å². The first kappa shape index (κ1) is 16.4. The number of nitrogens with zero attached hydrogens (tertiary/aromatic N) is 1. The van der Waals surface area contributed by atoms with Crippen LogP contribution in [0.25, 0.3) is 0 Å². The average Bonchev–Trinajstić information content (AvgIpc) is 2.58. The van der Waals surface area contributed by atoms with Gasteiger partial charge in [-0.1, -0.05) is 60.1 Å². The number of aromatic hydroxyl groups is 1. The molecule has 0 heterocycles. The van der Waals surface area contributed by atoms with Gasteiger partial charge >= 0.3 is 0 Å². The van der Waals surface area contributed by atoms with E-state index in [4.69, 9.17) is 11.6 Å². The quantitative estimate of drug-likeness (QED) is 0.654. The number of halogens is 1. The van der Waals surface area contributed by atoms with Crippen LogP contribution in [-0.4, -0.2) is 19.2 Å². The molecule has 0 saturated heterocycles. The zero-order valence-electron chi connectivity index (χ0n) is 13.8. The van der Waals surface area contributed by atoms with Gasteiger partial charge in [0.1, 0.15) is 5.75 Å². The first-order valence-electron chi connectivity index (χ1n) is 7.87. The Hall–Kier alpha value is -2.45. The Morgan fingerprint density at radius 3 is 2.04 bits per heavy atom. The fourth-order valence-electron chi connectivity index (χ4n) is 2.92. The van der Waals surface area contributed by atoms with Crippen molar-refractivity contribution >= 4 is 17.3 Å². The van der Waals surface area contributed by atoms with E-state index in [0.717, 1.165) is 22.4 Å². The van der Waals surface area contributed by atoms with Crippen molar-refractivity contribution in [3.8, 4) is 5.75 Å². The van der Waals surface area contributed by atoms with E-state index < -0.39 is 0 Å². The van der Waals surface area contributed by atoms with Crippen LogP contribution in [0.1, 0.15) is 22.6 Å². The van der Waals surface area contributed by atoms with Gasteiger partial charge < -0.3 is 10.0 Å². The van der Waals surface area contributed by atoms with Crippen molar-refractivity contribution in [1.29, 1.82) is 0 Å². The summed E-state index contributed by atoms with van der Waals surface area (Å²) in [5.74, 6) is 0.174. The molecule has 0 fully saturated rings. The maximum Gasteiger partial charge on any atom is 0.121 e. The molecular formula is C21H20ClNO. The van der Waals surface area contributed by atoms with Gasteiger partial charge in [0.05, 0.1) is 0 Å². The zero-order chi connectivity index (χ0) is 17.1. The van der Waals surface area contributed by atoms with E-state index in [9.17, 15) is 5.11 Å². The predicted molar refractivity (Wildman–Crippen MR) is 101 cm³/mol. The highest BCUT2D eigenvalue weighted by Gasteiger charge is 2.20.